The van der Waals surface area contributed by atoms with Gasteiger partial charge in [0, 0.05) is 0 Å². The van der Waals surface area contributed by atoms with Gasteiger partial charge in [-0.05, 0) is 37.5 Å². The molecule has 1 aliphatic rings. The standard InChI is InChI=1S/C6H21N3S6/c1-13(2)7(10)14(3,4)9(12)15(5,6)8(13)11/h10-12H,1-6H3. The van der Waals surface area contributed by atoms with Crippen LogP contribution in [0.25, 0.3) is 0 Å². The summed E-state index contributed by atoms with van der Waals surface area (Å²) in [4.78, 5) is 0. The molecular formula is C6H21N3S6. The Morgan fingerprint density at radius 3 is 0.800 bits per heavy atom. The second-order valence-electron chi connectivity index (χ2n) is 4.37. The first-order valence-electron chi connectivity index (χ1n) is 4.14. The van der Waals surface area contributed by atoms with Crippen LogP contribution >= 0.6 is 69.6 Å². The molecule has 0 bridgehead atoms. The molecule has 9 heteroatoms. The third kappa shape index (κ3) is 2.17. The van der Waals surface area contributed by atoms with E-state index in [0.29, 0.717) is 0 Å². The number of hydrogen-bond acceptors (Lipinski definition) is 6. The van der Waals surface area contributed by atoms with Gasteiger partial charge in [0.1, 0.15) is 0 Å². The SMILES string of the molecule is CS1(C)N(S)S(C)(C)N(S)S(C)(C)N1S. The molecule has 0 aromatic rings. The van der Waals surface area contributed by atoms with Crippen molar-refractivity contribution in [3.05, 3.63) is 0 Å². The van der Waals surface area contributed by atoms with Gasteiger partial charge in [0.15, 0.2) is 0 Å². The average molecular weight is 328 g/mol. The van der Waals surface area contributed by atoms with Crippen molar-refractivity contribution in [1.29, 1.82) is 0 Å². The van der Waals surface area contributed by atoms with Crippen molar-refractivity contribution in [2.24, 2.45) is 0 Å². The van der Waals surface area contributed by atoms with Gasteiger partial charge in [0.05, 0.1) is 0 Å². The minimum Gasteiger partial charge on any atom is -0.151 e. The molecule has 0 saturated carbocycles. The van der Waals surface area contributed by atoms with Crippen LogP contribution in [-0.4, -0.2) is 46.9 Å². The molecule has 0 aromatic heterocycles. The first-order valence-corrected chi connectivity index (χ1v) is 12.4. The maximum atomic E-state index is 4.66. The van der Waals surface area contributed by atoms with Crippen LogP contribution in [0.15, 0.2) is 0 Å². The van der Waals surface area contributed by atoms with Crippen LogP contribution in [0.4, 0.5) is 0 Å². The Bertz CT molecular complexity index is 207. The molecule has 0 amide bonds. The van der Waals surface area contributed by atoms with Gasteiger partial charge < -0.3 is 0 Å². The van der Waals surface area contributed by atoms with Crippen molar-refractivity contribution in [2.45, 2.75) is 0 Å². The lowest BCUT2D eigenvalue weighted by atomic mass is 11.9. The van der Waals surface area contributed by atoms with Gasteiger partial charge >= 0.3 is 0 Å². The lowest BCUT2D eigenvalue weighted by molar-refractivity contribution is 0.965. The molecule has 0 aliphatic carbocycles. The van der Waals surface area contributed by atoms with E-state index in [1.165, 1.54) is 0 Å². The molecule has 0 unspecified atom stereocenters. The normalized spacial score (nSPS) is 38.2. The minimum atomic E-state index is -1.11. The largest absolute Gasteiger partial charge is 0.151 e. The highest BCUT2D eigenvalue weighted by Gasteiger charge is 2.50. The predicted octanol–water partition coefficient (Wildman–Crippen LogP) is 3.12. The Labute approximate surface area is 116 Å². The van der Waals surface area contributed by atoms with Gasteiger partial charge in [-0.15, -0.1) is 0 Å². The Morgan fingerprint density at radius 1 is 0.533 bits per heavy atom. The summed E-state index contributed by atoms with van der Waals surface area (Å²) in [6.07, 6.45) is 13.3. The number of nitrogens with zero attached hydrogens (tertiary/aromatic N) is 3. The quantitative estimate of drug-likeness (QED) is 0.591. The first-order chi connectivity index (χ1) is 6.46. The fourth-order valence-corrected chi connectivity index (χ4v) is 16.9. The maximum Gasteiger partial charge on any atom is -0.00683 e. The fraction of sp³-hybridized carbons (Fsp3) is 1.00. The fourth-order valence-electron chi connectivity index (χ4n) is 1.52. The van der Waals surface area contributed by atoms with Gasteiger partial charge in [-0.3, -0.25) is 0 Å². The second kappa shape index (κ2) is 4.27. The van der Waals surface area contributed by atoms with Crippen molar-refractivity contribution < 1.29 is 0 Å². The summed E-state index contributed by atoms with van der Waals surface area (Å²) < 4.78 is 6.45. The molecule has 1 heterocycles. The zero-order chi connectivity index (χ0) is 12.2. The van der Waals surface area contributed by atoms with E-state index in [1.807, 2.05) is 0 Å². The van der Waals surface area contributed by atoms with E-state index in [2.05, 4.69) is 85.3 Å². The first kappa shape index (κ1) is 15.0. The van der Waals surface area contributed by atoms with Crippen molar-refractivity contribution in [3.8, 4) is 0 Å². The molecule has 15 heavy (non-hydrogen) atoms. The molecule has 0 atom stereocenters. The third-order valence-corrected chi connectivity index (χ3v) is 20.6. The van der Waals surface area contributed by atoms with E-state index in [9.17, 15) is 0 Å². The number of thiol groups is 3. The summed E-state index contributed by atoms with van der Waals surface area (Å²) in [7, 11) is -3.33. The monoisotopic (exact) mass is 327 g/mol. The van der Waals surface area contributed by atoms with Crippen LogP contribution in [0.3, 0.4) is 0 Å². The number of rotatable bonds is 0. The number of hydrogen-bond donors (Lipinski definition) is 3. The van der Waals surface area contributed by atoms with Gasteiger partial charge in [-0.2, -0.15) is 9.35 Å². The molecule has 3 nitrogen and oxygen atoms in total. The lowest BCUT2D eigenvalue weighted by Gasteiger charge is -2.69. The van der Waals surface area contributed by atoms with E-state index in [-0.39, 0.29) is 0 Å². The minimum absolute atomic E-state index is 1.11. The highest BCUT2D eigenvalue weighted by molar-refractivity contribution is 8.63. The average Bonchev–Trinajstić information content (AvgIpc) is 2.12. The Kier molecular flexibility index (Phi) is 4.28. The van der Waals surface area contributed by atoms with Crippen LogP contribution in [0, 0.1) is 0 Å². The van der Waals surface area contributed by atoms with Crippen LogP contribution < -0.4 is 0 Å². The van der Waals surface area contributed by atoms with E-state index >= 15 is 0 Å². The second-order valence-corrected chi connectivity index (χ2v) is 17.4. The molecule has 0 aromatic carbocycles. The Morgan fingerprint density at radius 2 is 0.667 bits per heavy atom. The summed E-state index contributed by atoms with van der Waals surface area (Å²) >= 11 is 14.0. The summed E-state index contributed by atoms with van der Waals surface area (Å²) in [6, 6.07) is 0. The van der Waals surface area contributed by atoms with Crippen LogP contribution in [0.1, 0.15) is 0 Å². The zero-order valence-electron chi connectivity index (χ0n) is 9.91. The van der Waals surface area contributed by atoms with E-state index < -0.39 is 31.2 Å². The van der Waals surface area contributed by atoms with Crippen LogP contribution in [0.5, 0.6) is 0 Å². The zero-order valence-corrected chi connectivity index (χ0v) is 15.0. The van der Waals surface area contributed by atoms with Crippen molar-refractivity contribution in [1.82, 2.24) is 9.35 Å². The summed E-state index contributed by atoms with van der Waals surface area (Å²) in [5.74, 6) is 0. The Balaban J connectivity index is 3.24. The van der Waals surface area contributed by atoms with Crippen molar-refractivity contribution >= 4 is 69.6 Å². The van der Waals surface area contributed by atoms with Crippen molar-refractivity contribution in [3.63, 3.8) is 0 Å². The van der Waals surface area contributed by atoms with E-state index in [4.69, 9.17) is 0 Å². The molecule has 96 valence electrons. The van der Waals surface area contributed by atoms with Gasteiger partial charge in [-0.25, -0.2) is 0 Å². The summed E-state index contributed by atoms with van der Waals surface area (Å²) in [5.41, 5.74) is 0. The predicted molar refractivity (Wildman–Crippen MR) is 90.8 cm³/mol. The Hall–Kier alpha value is 1.98. The molecule has 1 saturated heterocycles. The molecule has 1 fully saturated rings. The topological polar surface area (TPSA) is 9.72 Å². The van der Waals surface area contributed by atoms with Crippen LogP contribution in [0.2, 0.25) is 0 Å². The van der Waals surface area contributed by atoms with Crippen LogP contribution in [-0.2, 0) is 0 Å². The summed E-state index contributed by atoms with van der Waals surface area (Å²) in [5, 5.41) is 0. The highest BCUT2D eigenvalue weighted by Crippen LogP contribution is 2.82. The molecule has 0 radical (unpaired) electrons. The maximum absolute atomic E-state index is 4.66. The summed E-state index contributed by atoms with van der Waals surface area (Å²) in [6.45, 7) is 0. The molecule has 1 rings (SSSR count). The van der Waals surface area contributed by atoms with Gasteiger partial charge in [0.25, 0.3) is 0 Å². The molecule has 1 aliphatic heterocycles. The van der Waals surface area contributed by atoms with Gasteiger partial charge in [0.2, 0.25) is 0 Å². The van der Waals surface area contributed by atoms with Crippen molar-refractivity contribution in [2.75, 3.05) is 37.5 Å². The van der Waals surface area contributed by atoms with Gasteiger partial charge in [-0.1, -0.05) is 69.6 Å². The highest BCUT2D eigenvalue weighted by atomic mass is 32.4. The molecule has 0 N–H and O–H groups in total. The third-order valence-electron chi connectivity index (χ3n) is 2.29. The lowest BCUT2D eigenvalue weighted by Crippen LogP contribution is -2.45. The smallest absolute Gasteiger partial charge is 0.00683 e. The van der Waals surface area contributed by atoms with E-state index in [1.54, 1.807) is 0 Å². The molecule has 0 spiro atoms. The van der Waals surface area contributed by atoms with E-state index in [0.717, 1.165) is 0 Å². The molecular weight excluding hydrogens is 306 g/mol.